The van der Waals surface area contributed by atoms with E-state index in [2.05, 4.69) is 203 Å². The molecule has 0 atom stereocenters. The van der Waals surface area contributed by atoms with Crippen LogP contribution in [0.15, 0.2) is 146 Å². The molecule has 0 bridgehead atoms. The Hall–Kier alpha value is -4.80. The maximum Gasteiger partial charge on any atom is 0.101 e. The first-order valence-corrected chi connectivity index (χ1v) is 21.4. The van der Waals surface area contributed by atoms with Gasteiger partial charge in [0.2, 0.25) is 0 Å². The highest BCUT2D eigenvalue weighted by atomic mass is 14.9. The van der Waals surface area contributed by atoms with Crippen molar-refractivity contribution in [3.8, 4) is 0 Å². The standard InChI is InChI=1S/C54H65N3/c1-53(2,3)51-31-27-49(28-32-51)39-56-37-47-23-15-43(16-24-47)9-7-41-11-19-45(20-12-41)35-55-36-46-21-13-42(14-22-46)8-10-44-17-25-48(26-18-44)38-57-40-50-29-33-52(34-30-50)54(4,5)6/h11-34,55-57H,7-10,35-40H2,1-6H3/p+3. The van der Waals surface area contributed by atoms with Crippen molar-refractivity contribution in [3.63, 3.8) is 0 Å². The molecule has 0 aromatic heterocycles. The zero-order valence-corrected chi connectivity index (χ0v) is 35.7. The minimum Gasteiger partial charge on any atom is -0.339 e. The van der Waals surface area contributed by atoms with Crippen molar-refractivity contribution < 1.29 is 16.0 Å². The summed E-state index contributed by atoms with van der Waals surface area (Å²) in [5.74, 6) is 0. The van der Waals surface area contributed by atoms with E-state index in [4.69, 9.17) is 0 Å². The van der Waals surface area contributed by atoms with Crippen LogP contribution in [0.2, 0.25) is 0 Å². The molecule has 3 nitrogen and oxygen atoms in total. The molecule has 0 aliphatic carbocycles. The van der Waals surface area contributed by atoms with Gasteiger partial charge in [-0.3, -0.25) is 0 Å². The molecule has 0 saturated heterocycles. The average molecular weight is 759 g/mol. The number of rotatable bonds is 18. The van der Waals surface area contributed by atoms with Gasteiger partial charge < -0.3 is 16.0 Å². The van der Waals surface area contributed by atoms with Crippen LogP contribution in [0, 0.1) is 0 Å². The fraction of sp³-hybridized carbons (Fsp3) is 0.333. The van der Waals surface area contributed by atoms with E-state index < -0.39 is 0 Å². The molecule has 0 spiro atoms. The third-order valence-corrected chi connectivity index (χ3v) is 11.4. The maximum atomic E-state index is 2.41. The summed E-state index contributed by atoms with van der Waals surface area (Å²) in [6.45, 7) is 19.7. The van der Waals surface area contributed by atoms with Gasteiger partial charge in [-0.05, 0) is 69.9 Å². The van der Waals surface area contributed by atoms with E-state index in [0.717, 1.165) is 65.0 Å². The van der Waals surface area contributed by atoms with Gasteiger partial charge in [0, 0.05) is 33.4 Å². The van der Waals surface area contributed by atoms with Gasteiger partial charge >= 0.3 is 0 Å². The SMILES string of the molecule is CC(C)(C)c1ccc(C[NH2+]Cc2ccc(CCc3ccc(C[NH2+]Cc4ccc(CCc5ccc(C[NH2+]Cc6ccc(C(C)(C)C)cc6)cc5)cc4)cc3)cc2)cc1. The Kier molecular flexibility index (Phi) is 14.7. The number of hydrogen-bond donors (Lipinski definition) is 3. The van der Waals surface area contributed by atoms with E-state index in [1.165, 1.54) is 66.8 Å². The van der Waals surface area contributed by atoms with Crippen molar-refractivity contribution in [2.45, 2.75) is 117 Å². The van der Waals surface area contributed by atoms with Crippen LogP contribution in [0.3, 0.4) is 0 Å². The van der Waals surface area contributed by atoms with Crippen LogP contribution in [0.4, 0.5) is 0 Å². The molecule has 6 aromatic rings. The molecule has 3 heteroatoms. The number of hydrogen-bond acceptors (Lipinski definition) is 0. The predicted octanol–water partition coefficient (Wildman–Crippen LogP) is 8.64. The molecular formula is C54H68N3+3. The van der Waals surface area contributed by atoms with E-state index in [-0.39, 0.29) is 10.8 Å². The van der Waals surface area contributed by atoms with E-state index in [9.17, 15) is 0 Å². The lowest BCUT2D eigenvalue weighted by Gasteiger charge is -2.19. The van der Waals surface area contributed by atoms with Crippen molar-refractivity contribution in [2.24, 2.45) is 0 Å². The molecule has 0 heterocycles. The van der Waals surface area contributed by atoms with E-state index >= 15 is 0 Å². The highest BCUT2D eigenvalue weighted by molar-refractivity contribution is 5.30. The summed E-state index contributed by atoms with van der Waals surface area (Å²) in [6.07, 6.45) is 4.30. The van der Waals surface area contributed by atoms with Crippen molar-refractivity contribution in [3.05, 3.63) is 212 Å². The molecule has 0 unspecified atom stereocenters. The predicted molar refractivity (Wildman–Crippen MR) is 239 cm³/mol. The van der Waals surface area contributed by atoms with Crippen LogP contribution in [0.5, 0.6) is 0 Å². The van der Waals surface area contributed by atoms with Gasteiger partial charge in [-0.2, -0.15) is 0 Å². The molecule has 6 N–H and O–H groups in total. The third-order valence-electron chi connectivity index (χ3n) is 11.4. The largest absolute Gasteiger partial charge is 0.339 e. The Balaban J connectivity index is 0.834. The minimum absolute atomic E-state index is 0.207. The van der Waals surface area contributed by atoms with Crippen molar-refractivity contribution in [1.82, 2.24) is 0 Å². The zero-order valence-electron chi connectivity index (χ0n) is 35.7. The lowest BCUT2D eigenvalue weighted by atomic mass is 9.87. The van der Waals surface area contributed by atoms with Crippen LogP contribution in [0.1, 0.15) is 108 Å². The van der Waals surface area contributed by atoms with Gasteiger partial charge in [-0.15, -0.1) is 0 Å². The van der Waals surface area contributed by atoms with Gasteiger partial charge in [-0.1, -0.05) is 187 Å². The summed E-state index contributed by atoms with van der Waals surface area (Å²) < 4.78 is 0. The van der Waals surface area contributed by atoms with Crippen molar-refractivity contribution >= 4 is 0 Å². The first-order valence-electron chi connectivity index (χ1n) is 21.4. The van der Waals surface area contributed by atoms with Crippen LogP contribution in [0.25, 0.3) is 0 Å². The normalized spacial score (nSPS) is 11.9. The Morgan fingerprint density at radius 1 is 0.246 bits per heavy atom. The maximum absolute atomic E-state index is 2.41. The fourth-order valence-corrected chi connectivity index (χ4v) is 7.44. The second-order valence-electron chi connectivity index (χ2n) is 18.3. The number of aryl methyl sites for hydroxylation is 4. The number of nitrogens with two attached hydrogens (primary N) is 3. The molecule has 296 valence electrons. The van der Waals surface area contributed by atoms with Crippen LogP contribution >= 0.6 is 0 Å². The molecule has 0 aliphatic heterocycles. The molecule has 0 amide bonds. The molecule has 6 aromatic carbocycles. The topological polar surface area (TPSA) is 49.8 Å². The average Bonchev–Trinajstić information content (AvgIpc) is 3.21. The van der Waals surface area contributed by atoms with Crippen LogP contribution in [-0.4, -0.2) is 0 Å². The van der Waals surface area contributed by atoms with E-state index in [1.54, 1.807) is 0 Å². The lowest BCUT2D eigenvalue weighted by molar-refractivity contribution is -0.686. The van der Waals surface area contributed by atoms with Crippen LogP contribution in [-0.2, 0) is 75.8 Å². The Morgan fingerprint density at radius 3 is 0.579 bits per heavy atom. The molecular weight excluding hydrogens is 691 g/mol. The van der Waals surface area contributed by atoms with Gasteiger partial charge in [0.05, 0.1) is 0 Å². The quantitative estimate of drug-likeness (QED) is 0.0787. The molecule has 0 saturated carbocycles. The Morgan fingerprint density at radius 2 is 0.404 bits per heavy atom. The van der Waals surface area contributed by atoms with E-state index in [1.807, 2.05) is 0 Å². The smallest absolute Gasteiger partial charge is 0.101 e. The van der Waals surface area contributed by atoms with E-state index in [0.29, 0.717) is 0 Å². The first kappa shape index (κ1) is 41.8. The Bertz CT molecular complexity index is 1910. The van der Waals surface area contributed by atoms with Gasteiger partial charge in [-0.25, -0.2) is 0 Å². The Labute approximate surface area is 344 Å². The summed E-state index contributed by atoms with van der Waals surface area (Å²) in [6, 6.07) is 55.2. The third kappa shape index (κ3) is 13.7. The van der Waals surface area contributed by atoms with Crippen molar-refractivity contribution in [1.29, 1.82) is 0 Å². The van der Waals surface area contributed by atoms with Crippen molar-refractivity contribution in [2.75, 3.05) is 0 Å². The second kappa shape index (κ2) is 20.1. The van der Waals surface area contributed by atoms with Gasteiger partial charge in [0.1, 0.15) is 39.3 Å². The summed E-state index contributed by atoms with van der Waals surface area (Å²) in [7, 11) is 0. The van der Waals surface area contributed by atoms with Crippen LogP contribution < -0.4 is 16.0 Å². The fourth-order valence-electron chi connectivity index (χ4n) is 7.44. The monoisotopic (exact) mass is 759 g/mol. The number of benzene rings is 6. The summed E-state index contributed by atoms with van der Waals surface area (Å²) in [5.41, 5.74) is 17.2. The highest BCUT2D eigenvalue weighted by Crippen LogP contribution is 2.23. The summed E-state index contributed by atoms with van der Waals surface area (Å²) >= 11 is 0. The molecule has 0 fully saturated rings. The molecule has 0 aliphatic rings. The summed E-state index contributed by atoms with van der Waals surface area (Å²) in [4.78, 5) is 0. The molecule has 6 rings (SSSR count). The minimum atomic E-state index is 0.207. The zero-order chi connectivity index (χ0) is 40.1. The lowest BCUT2D eigenvalue weighted by Crippen LogP contribution is -2.80. The summed E-state index contributed by atoms with van der Waals surface area (Å²) in [5, 5.41) is 7.20. The second-order valence-corrected chi connectivity index (χ2v) is 18.3. The van der Waals surface area contributed by atoms with Gasteiger partial charge in [0.15, 0.2) is 0 Å². The highest BCUT2D eigenvalue weighted by Gasteiger charge is 2.14. The number of quaternary nitrogens is 3. The first-order chi connectivity index (χ1) is 27.5. The van der Waals surface area contributed by atoms with Gasteiger partial charge in [0.25, 0.3) is 0 Å². The molecule has 0 radical (unpaired) electrons. The molecule has 57 heavy (non-hydrogen) atoms.